The Kier molecular flexibility index (Phi) is 4.09. The van der Waals surface area contributed by atoms with Crippen LogP contribution < -0.4 is 11.1 Å². The predicted octanol–water partition coefficient (Wildman–Crippen LogP) is -0.0521. The zero-order valence-electron chi connectivity index (χ0n) is 9.47. The molecule has 1 rings (SSSR count). The molecule has 0 bridgehead atoms. The van der Waals surface area contributed by atoms with Crippen LogP contribution >= 0.6 is 0 Å². The molecular formula is C11H16N4O. The Hall–Kier alpha value is -1.80. The summed E-state index contributed by atoms with van der Waals surface area (Å²) in [5.74, 6) is 2.21. The first kappa shape index (κ1) is 12.3. The fourth-order valence-electron chi connectivity index (χ4n) is 1.28. The van der Waals surface area contributed by atoms with Crippen molar-refractivity contribution in [2.45, 2.75) is 25.4 Å². The molecule has 0 fully saturated rings. The van der Waals surface area contributed by atoms with Crippen molar-refractivity contribution in [3.8, 4) is 12.3 Å². The van der Waals surface area contributed by atoms with E-state index in [0.717, 1.165) is 0 Å². The molecule has 1 aromatic rings. The van der Waals surface area contributed by atoms with Crippen molar-refractivity contribution >= 4 is 5.91 Å². The molecule has 0 aliphatic rings. The van der Waals surface area contributed by atoms with E-state index in [0.29, 0.717) is 12.0 Å². The Balaban J connectivity index is 2.65. The maximum atomic E-state index is 11.7. The summed E-state index contributed by atoms with van der Waals surface area (Å²) in [6, 6.07) is -0.994. The fraction of sp³-hybridized carbons (Fsp3) is 0.455. The topological polar surface area (TPSA) is 72.9 Å². The number of nitrogens with one attached hydrogen (secondary N) is 1. The SMILES string of the molecule is C#CC(CC)NC(=O)C(N)c1cnn(C)c1. The van der Waals surface area contributed by atoms with E-state index >= 15 is 0 Å². The molecule has 0 aliphatic carbocycles. The van der Waals surface area contributed by atoms with Crippen LogP contribution in [0.2, 0.25) is 0 Å². The lowest BCUT2D eigenvalue weighted by molar-refractivity contribution is -0.122. The smallest absolute Gasteiger partial charge is 0.242 e. The third kappa shape index (κ3) is 2.84. The summed E-state index contributed by atoms with van der Waals surface area (Å²) < 4.78 is 1.60. The van der Waals surface area contributed by atoms with Crippen molar-refractivity contribution in [2.75, 3.05) is 0 Å². The average Bonchev–Trinajstić information content (AvgIpc) is 2.71. The lowest BCUT2D eigenvalue weighted by atomic mass is 10.1. The number of carbonyl (C=O) groups excluding carboxylic acids is 1. The molecule has 5 nitrogen and oxygen atoms in total. The highest BCUT2D eigenvalue weighted by Gasteiger charge is 2.18. The molecule has 0 aromatic carbocycles. The van der Waals surface area contributed by atoms with Gasteiger partial charge in [0, 0.05) is 18.8 Å². The van der Waals surface area contributed by atoms with Gasteiger partial charge in [0.1, 0.15) is 6.04 Å². The molecule has 0 saturated carbocycles. The number of aromatic nitrogens is 2. The molecule has 0 spiro atoms. The van der Waals surface area contributed by atoms with Crippen LogP contribution in [0.1, 0.15) is 24.9 Å². The van der Waals surface area contributed by atoms with Crippen LogP contribution in [-0.2, 0) is 11.8 Å². The van der Waals surface area contributed by atoms with Crippen molar-refractivity contribution in [3.05, 3.63) is 18.0 Å². The van der Waals surface area contributed by atoms with Crippen molar-refractivity contribution in [2.24, 2.45) is 12.8 Å². The summed E-state index contributed by atoms with van der Waals surface area (Å²) in [7, 11) is 1.77. The van der Waals surface area contributed by atoms with Crippen LogP contribution in [0.25, 0.3) is 0 Å². The van der Waals surface area contributed by atoms with Gasteiger partial charge in [-0.25, -0.2) is 0 Å². The summed E-state index contributed by atoms with van der Waals surface area (Å²) in [4.78, 5) is 11.7. The van der Waals surface area contributed by atoms with Gasteiger partial charge in [-0.3, -0.25) is 9.48 Å². The van der Waals surface area contributed by atoms with Crippen molar-refractivity contribution in [1.29, 1.82) is 0 Å². The van der Waals surface area contributed by atoms with Crippen LogP contribution in [-0.4, -0.2) is 21.7 Å². The van der Waals surface area contributed by atoms with Crippen LogP contribution in [0.5, 0.6) is 0 Å². The number of hydrogen-bond acceptors (Lipinski definition) is 3. The molecule has 0 radical (unpaired) electrons. The maximum Gasteiger partial charge on any atom is 0.242 e. The molecule has 2 atom stereocenters. The number of terminal acetylenes is 1. The van der Waals surface area contributed by atoms with E-state index in [4.69, 9.17) is 12.2 Å². The van der Waals surface area contributed by atoms with Gasteiger partial charge in [-0.05, 0) is 6.42 Å². The van der Waals surface area contributed by atoms with E-state index in [9.17, 15) is 4.79 Å². The lowest BCUT2D eigenvalue weighted by Crippen LogP contribution is -2.39. The molecule has 0 saturated heterocycles. The molecule has 2 unspecified atom stereocenters. The number of rotatable bonds is 4. The van der Waals surface area contributed by atoms with E-state index in [1.54, 1.807) is 24.1 Å². The summed E-state index contributed by atoms with van der Waals surface area (Å²) >= 11 is 0. The minimum absolute atomic E-state index is 0.268. The maximum absolute atomic E-state index is 11.7. The van der Waals surface area contributed by atoms with Crippen LogP contribution in [0.4, 0.5) is 0 Å². The van der Waals surface area contributed by atoms with Crippen LogP contribution in [0, 0.1) is 12.3 Å². The Labute approximate surface area is 95.0 Å². The van der Waals surface area contributed by atoms with Gasteiger partial charge < -0.3 is 11.1 Å². The van der Waals surface area contributed by atoms with Crippen LogP contribution in [0.15, 0.2) is 12.4 Å². The molecule has 3 N–H and O–H groups in total. The van der Waals surface area contributed by atoms with E-state index in [1.807, 2.05) is 6.92 Å². The third-order valence-corrected chi connectivity index (χ3v) is 2.29. The standard InChI is InChI=1S/C11H16N4O/c1-4-9(5-2)14-11(16)10(12)8-6-13-15(3)7-8/h1,6-7,9-10H,5,12H2,2-3H3,(H,14,16). The van der Waals surface area contributed by atoms with Gasteiger partial charge in [0.05, 0.1) is 12.2 Å². The normalized spacial score (nSPS) is 13.9. The molecule has 5 heteroatoms. The van der Waals surface area contributed by atoms with Gasteiger partial charge in [0.15, 0.2) is 0 Å². The summed E-state index contributed by atoms with van der Waals surface area (Å²) in [6.45, 7) is 1.90. The minimum Gasteiger partial charge on any atom is -0.341 e. The molecule has 1 heterocycles. The third-order valence-electron chi connectivity index (χ3n) is 2.29. The summed E-state index contributed by atoms with van der Waals surface area (Å²) in [6.07, 6.45) is 9.21. The molecule has 86 valence electrons. The van der Waals surface area contributed by atoms with Crippen LogP contribution in [0.3, 0.4) is 0 Å². The summed E-state index contributed by atoms with van der Waals surface area (Å²) in [5, 5.41) is 6.64. The Morgan fingerprint density at radius 3 is 2.94 bits per heavy atom. The minimum atomic E-state index is -0.726. The Morgan fingerprint density at radius 1 is 1.81 bits per heavy atom. The first-order valence-electron chi connectivity index (χ1n) is 5.09. The van der Waals surface area contributed by atoms with Crippen molar-refractivity contribution in [3.63, 3.8) is 0 Å². The lowest BCUT2D eigenvalue weighted by Gasteiger charge is -2.14. The Bertz CT molecular complexity index is 404. The average molecular weight is 220 g/mol. The number of hydrogen-bond donors (Lipinski definition) is 2. The van der Waals surface area contributed by atoms with Gasteiger partial charge in [-0.15, -0.1) is 6.42 Å². The predicted molar refractivity (Wildman–Crippen MR) is 61.2 cm³/mol. The van der Waals surface area contributed by atoms with E-state index < -0.39 is 6.04 Å². The van der Waals surface area contributed by atoms with E-state index in [2.05, 4.69) is 16.3 Å². The summed E-state index contributed by atoms with van der Waals surface area (Å²) in [5.41, 5.74) is 6.45. The first-order valence-corrected chi connectivity index (χ1v) is 5.09. The molecule has 1 aromatic heterocycles. The highest BCUT2D eigenvalue weighted by Crippen LogP contribution is 2.08. The molecule has 0 aliphatic heterocycles. The number of nitrogens with two attached hydrogens (primary N) is 1. The number of amides is 1. The van der Waals surface area contributed by atoms with Crippen molar-refractivity contribution in [1.82, 2.24) is 15.1 Å². The Morgan fingerprint density at radius 2 is 2.50 bits per heavy atom. The second kappa shape index (κ2) is 5.33. The zero-order valence-corrected chi connectivity index (χ0v) is 9.47. The van der Waals surface area contributed by atoms with E-state index in [-0.39, 0.29) is 11.9 Å². The number of nitrogens with zero attached hydrogens (tertiary/aromatic N) is 2. The molecule has 1 amide bonds. The van der Waals surface area contributed by atoms with Crippen molar-refractivity contribution < 1.29 is 4.79 Å². The molecule has 16 heavy (non-hydrogen) atoms. The fourth-order valence-corrected chi connectivity index (χ4v) is 1.28. The quantitative estimate of drug-likeness (QED) is 0.699. The van der Waals surface area contributed by atoms with Gasteiger partial charge >= 0.3 is 0 Å². The molecular weight excluding hydrogens is 204 g/mol. The zero-order chi connectivity index (χ0) is 12.1. The monoisotopic (exact) mass is 220 g/mol. The number of aryl methyl sites for hydroxylation is 1. The largest absolute Gasteiger partial charge is 0.341 e. The number of carbonyl (C=O) groups is 1. The van der Waals surface area contributed by atoms with E-state index in [1.165, 1.54) is 0 Å². The second-order valence-corrected chi connectivity index (χ2v) is 3.56. The first-order chi connectivity index (χ1) is 7.58. The highest BCUT2D eigenvalue weighted by molar-refractivity contribution is 5.83. The van der Waals surface area contributed by atoms with Gasteiger partial charge in [-0.1, -0.05) is 12.8 Å². The van der Waals surface area contributed by atoms with Gasteiger partial charge in [-0.2, -0.15) is 5.10 Å². The van der Waals surface area contributed by atoms with Gasteiger partial charge in [0.2, 0.25) is 5.91 Å². The van der Waals surface area contributed by atoms with Gasteiger partial charge in [0.25, 0.3) is 0 Å². The second-order valence-electron chi connectivity index (χ2n) is 3.56. The highest BCUT2D eigenvalue weighted by atomic mass is 16.2.